The van der Waals surface area contributed by atoms with Crippen molar-refractivity contribution in [2.24, 2.45) is 0 Å². The Morgan fingerprint density at radius 1 is 0.882 bits per heavy atom. The molecule has 0 atom stereocenters. The Bertz CT molecular complexity index is 470. The Kier molecular flexibility index (Phi) is 2.87. The molecule has 90 valence electrons. The van der Waals surface area contributed by atoms with Crippen molar-refractivity contribution in [1.82, 2.24) is 0 Å². The average molecular weight is 262 g/mol. The maximum atomic E-state index is 2.37. The van der Waals surface area contributed by atoms with E-state index in [-0.39, 0.29) is 0 Å². The van der Waals surface area contributed by atoms with Gasteiger partial charge in [0.1, 0.15) is 0 Å². The van der Waals surface area contributed by atoms with Crippen LogP contribution in [-0.4, -0.2) is 0 Å². The molecule has 17 heavy (non-hydrogen) atoms. The molecule has 0 N–H and O–H groups in total. The van der Waals surface area contributed by atoms with E-state index < -0.39 is 0 Å². The molecule has 0 fully saturated rings. The lowest BCUT2D eigenvalue weighted by molar-refractivity contribution is 0.437. The van der Waals surface area contributed by atoms with Crippen LogP contribution in [0.1, 0.15) is 50.7 Å². The van der Waals surface area contributed by atoms with Gasteiger partial charge in [0.25, 0.3) is 0 Å². The zero-order valence-electron chi connectivity index (χ0n) is 10.5. The molecule has 2 heterocycles. The molecule has 1 aliphatic rings. The highest BCUT2D eigenvalue weighted by atomic mass is 32.1. The smallest absolute Gasteiger partial charge is 0.0486 e. The molecule has 2 heteroatoms. The van der Waals surface area contributed by atoms with Crippen LogP contribution in [-0.2, 0) is 5.41 Å². The van der Waals surface area contributed by atoms with Crippen LogP contribution in [0.3, 0.4) is 0 Å². The summed E-state index contributed by atoms with van der Waals surface area (Å²) >= 11 is 3.85. The summed E-state index contributed by atoms with van der Waals surface area (Å²) in [4.78, 5) is 3.11. The minimum atomic E-state index is 0.341. The summed E-state index contributed by atoms with van der Waals surface area (Å²) in [6.45, 7) is 4.63. The first-order chi connectivity index (χ1) is 8.33. The third-order valence-corrected chi connectivity index (χ3v) is 5.91. The summed E-state index contributed by atoms with van der Waals surface area (Å²) in [5.41, 5.74) is 3.58. The number of hydrogen-bond donors (Lipinski definition) is 0. The normalized spacial score (nSPS) is 15.9. The molecule has 0 radical (unpaired) electrons. The van der Waals surface area contributed by atoms with E-state index in [0.717, 1.165) is 0 Å². The average Bonchev–Trinajstić information content (AvgIpc) is 2.99. The second-order valence-electron chi connectivity index (χ2n) is 4.91. The summed E-state index contributed by atoms with van der Waals surface area (Å²) in [5.74, 6) is 0. The topological polar surface area (TPSA) is 0 Å². The second kappa shape index (κ2) is 4.25. The molecule has 2 aromatic rings. The molecular formula is C15H18S2. The SMILES string of the molecule is CCCC1(CCC)c2ccsc2-c2sccc21. The first kappa shape index (κ1) is 11.5. The fourth-order valence-electron chi connectivity index (χ4n) is 3.39. The Hall–Kier alpha value is -0.600. The standard InChI is InChI=1S/C15H18S2/c1-3-7-15(8-4-2)11-5-9-16-13(11)14-12(15)6-10-17-14/h5-6,9-10H,3-4,7-8H2,1-2H3. The number of thiophene rings is 2. The van der Waals surface area contributed by atoms with Crippen LogP contribution in [0.15, 0.2) is 22.9 Å². The first-order valence-electron chi connectivity index (χ1n) is 6.49. The predicted molar refractivity (Wildman–Crippen MR) is 78.2 cm³/mol. The summed E-state index contributed by atoms with van der Waals surface area (Å²) in [7, 11) is 0. The van der Waals surface area contributed by atoms with Gasteiger partial charge in [0.05, 0.1) is 0 Å². The molecule has 2 aromatic heterocycles. The van der Waals surface area contributed by atoms with Gasteiger partial charge >= 0.3 is 0 Å². The summed E-state index contributed by atoms with van der Waals surface area (Å²) < 4.78 is 0. The van der Waals surface area contributed by atoms with Gasteiger partial charge in [-0.3, -0.25) is 0 Å². The Morgan fingerprint density at radius 3 is 1.76 bits per heavy atom. The molecule has 0 spiro atoms. The minimum Gasteiger partial charge on any atom is -0.143 e. The van der Waals surface area contributed by atoms with Crippen LogP contribution in [0.25, 0.3) is 9.75 Å². The second-order valence-corrected chi connectivity index (χ2v) is 6.74. The molecule has 1 aliphatic carbocycles. The summed E-state index contributed by atoms with van der Waals surface area (Å²) in [5, 5.41) is 4.54. The Labute approximate surface area is 111 Å². The van der Waals surface area contributed by atoms with E-state index >= 15 is 0 Å². The number of hydrogen-bond acceptors (Lipinski definition) is 2. The van der Waals surface area contributed by atoms with Crippen LogP contribution in [0, 0.1) is 0 Å². The van der Waals surface area contributed by atoms with Gasteiger partial charge in [-0.15, -0.1) is 22.7 Å². The molecule has 3 rings (SSSR count). The van der Waals surface area contributed by atoms with Gasteiger partial charge < -0.3 is 0 Å². The van der Waals surface area contributed by atoms with Crippen molar-refractivity contribution in [3.05, 3.63) is 34.0 Å². The van der Waals surface area contributed by atoms with Crippen molar-refractivity contribution in [1.29, 1.82) is 0 Å². The summed E-state index contributed by atoms with van der Waals surface area (Å²) in [6, 6.07) is 4.75. The highest BCUT2D eigenvalue weighted by molar-refractivity contribution is 7.21. The molecule has 0 aliphatic heterocycles. The molecular weight excluding hydrogens is 244 g/mol. The van der Waals surface area contributed by atoms with Crippen molar-refractivity contribution in [3.8, 4) is 9.75 Å². The van der Waals surface area contributed by atoms with E-state index in [1.54, 1.807) is 20.9 Å². The lowest BCUT2D eigenvalue weighted by Gasteiger charge is -2.30. The predicted octanol–water partition coefficient (Wildman–Crippen LogP) is 5.68. The van der Waals surface area contributed by atoms with Gasteiger partial charge in [0.2, 0.25) is 0 Å². The van der Waals surface area contributed by atoms with Crippen LogP contribution in [0.4, 0.5) is 0 Å². The quantitative estimate of drug-likeness (QED) is 0.665. The Morgan fingerprint density at radius 2 is 1.35 bits per heavy atom. The number of fused-ring (bicyclic) bond motifs is 3. The van der Waals surface area contributed by atoms with E-state index in [1.807, 2.05) is 22.7 Å². The van der Waals surface area contributed by atoms with E-state index in [4.69, 9.17) is 0 Å². The van der Waals surface area contributed by atoms with Crippen molar-refractivity contribution in [3.63, 3.8) is 0 Å². The van der Waals surface area contributed by atoms with E-state index in [9.17, 15) is 0 Å². The van der Waals surface area contributed by atoms with E-state index in [2.05, 4.69) is 36.7 Å². The lowest BCUT2D eigenvalue weighted by Crippen LogP contribution is -2.24. The van der Waals surface area contributed by atoms with Crippen LogP contribution in [0.5, 0.6) is 0 Å². The van der Waals surface area contributed by atoms with Crippen LogP contribution in [0.2, 0.25) is 0 Å². The van der Waals surface area contributed by atoms with Gasteiger partial charge in [-0.25, -0.2) is 0 Å². The monoisotopic (exact) mass is 262 g/mol. The number of rotatable bonds is 4. The zero-order chi connectivity index (χ0) is 11.9. The highest BCUT2D eigenvalue weighted by Crippen LogP contribution is 2.57. The van der Waals surface area contributed by atoms with Crippen molar-refractivity contribution < 1.29 is 0 Å². The molecule has 0 bridgehead atoms. The van der Waals surface area contributed by atoms with Crippen LogP contribution >= 0.6 is 22.7 Å². The van der Waals surface area contributed by atoms with Gasteiger partial charge in [-0.2, -0.15) is 0 Å². The molecule has 0 amide bonds. The fourth-order valence-corrected chi connectivity index (χ4v) is 5.57. The van der Waals surface area contributed by atoms with Gasteiger partial charge in [-0.05, 0) is 46.9 Å². The zero-order valence-corrected chi connectivity index (χ0v) is 12.1. The molecule has 0 unspecified atom stereocenters. The molecule has 0 aromatic carbocycles. The molecule has 0 saturated carbocycles. The third-order valence-electron chi connectivity index (χ3n) is 3.92. The first-order valence-corrected chi connectivity index (χ1v) is 8.25. The maximum absolute atomic E-state index is 2.37. The van der Waals surface area contributed by atoms with Crippen molar-refractivity contribution in [2.75, 3.05) is 0 Å². The van der Waals surface area contributed by atoms with Crippen molar-refractivity contribution >= 4 is 22.7 Å². The molecule has 0 nitrogen and oxygen atoms in total. The largest absolute Gasteiger partial charge is 0.143 e. The maximum Gasteiger partial charge on any atom is 0.0486 e. The fraction of sp³-hybridized carbons (Fsp3) is 0.467. The summed E-state index contributed by atoms with van der Waals surface area (Å²) in [6.07, 6.45) is 5.14. The molecule has 0 saturated heterocycles. The highest BCUT2D eigenvalue weighted by Gasteiger charge is 2.43. The van der Waals surface area contributed by atoms with Crippen molar-refractivity contribution in [2.45, 2.75) is 44.9 Å². The van der Waals surface area contributed by atoms with E-state index in [0.29, 0.717) is 5.41 Å². The third kappa shape index (κ3) is 1.47. The lowest BCUT2D eigenvalue weighted by atomic mass is 9.72. The van der Waals surface area contributed by atoms with Gasteiger partial charge in [0, 0.05) is 15.2 Å². The van der Waals surface area contributed by atoms with Gasteiger partial charge in [0.15, 0.2) is 0 Å². The van der Waals surface area contributed by atoms with Gasteiger partial charge in [-0.1, -0.05) is 26.7 Å². The van der Waals surface area contributed by atoms with E-state index in [1.165, 1.54) is 25.7 Å². The Balaban J connectivity index is 2.22. The van der Waals surface area contributed by atoms with Crippen LogP contribution < -0.4 is 0 Å². The minimum absolute atomic E-state index is 0.341.